The van der Waals surface area contributed by atoms with Gasteiger partial charge in [0.25, 0.3) is 0 Å². The predicted molar refractivity (Wildman–Crippen MR) is 104 cm³/mol. The van der Waals surface area contributed by atoms with Crippen molar-refractivity contribution in [1.29, 1.82) is 0 Å². The molecule has 1 aliphatic heterocycles. The van der Waals surface area contributed by atoms with Gasteiger partial charge in [-0.1, -0.05) is 6.92 Å². The van der Waals surface area contributed by atoms with Crippen LogP contribution in [0.1, 0.15) is 26.2 Å². The summed E-state index contributed by atoms with van der Waals surface area (Å²) in [5.74, 6) is 1.41. The molecule has 1 saturated heterocycles. The third kappa shape index (κ3) is 5.23. The van der Waals surface area contributed by atoms with Gasteiger partial charge in [0, 0.05) is 38.1 Å². The number of hydrogen-bond donors (Lipinski definition) is 2. The largest absolute Gasteiger partial charge is 0.362 e. The Morgan fingerprint density at radius 2 is 2.00 bits per heavy atom. The maximum Gasteiger partial charge on any atom is 0.232 e. The first-order valence-electron chi connectivity index (χ1n) is 8.38. The maximum atomic E-state index is 5.31. The van der Waals surface area contributed by atoms with Gasteiger partial charge in [-0.15, -0.1) is 0 Å². The molecule has 0 atom stereocenters. The molecule has 1 fully saturated rings. The van der Waals surface area contributed by atoms with Crippen LogP contribution in [0.2, 0.25) is 0 Å². The van der Waals surface area contributed by atoms with Crippen molar-refractivity contribution in [1.82, 2.24) is 25.3 Å². The molecule has 0 radical (unpaired) electrons. The monoisotopic (exact) mass is 375 g/mol. The van der Waals surface area contributed by atoms with E-state index in [1.165, 1.54) is 24.6 Å². The highest BCUT2D eigenvalue weighted by Gasteiger charge is 2.17. The molecular weight excluding hydrogens is 354 g/mol. The number of anilines is 2. The summed E-state index contributed by atoms with van der Waals surface area (Å²) in [5.41, 5.74) is 0. The van der Waals surface area contributed by atoms with Crippen molar-refractivity contribution in [2.24, 2.45) is 0 Å². The fourth-order valence-corrected chi connectivity index (χ4v) is 3.35. The van der Waals surface area contributed by atoms with Gasteiger partial charge in [-0.05, 0) is 49.3 Å². The lowest BCUT2D eigenvalue weighted by atomic mass is 10.4. The molecule has 2 aromatic rings. The Balaban J connectivity index is 1.81. The highest BCUT2D eigenvalue weighted by molar-refractivity contribution is 7.99. The van der Waals surface area contributed by atoms with Crippen molar-refractivity contribution in [3.8, 4) is 0 Å². The third-order valence-corrected chi connectivity index (χ3v) is 4.68. The van der Waals surface area contributed by atoms with Crippen molar-refractivity contribution >= 4 is 40.9 Å². The summed E-state index contributed by atoms with van der Waals surface area (Å²) in [7, 11) is 0. The van der Waals surface area contributed by atoms with E-state index >= 15 is 0 Å². The van der Waals surface area contributed by atoms with E-state index in [0.717, 1.165) is 36.9 Å². The van der Waals surface area contributed by atoms with Crippen LogP contribution in [-0.4, -0.2) is 44.7 Å². The van der Waals surface area contributed by atoms with Crippen molar-refractivity contribution in [2.45, 2.75) is 36.4 Å². The molecule has 0 saturated carbocycles. The van der Waals surface area contributed by atoms with E-state index in [2.05, 4.69) is 42.4 Å². The van der Waals surface area contributed by atoms with Crippen LogP contribution in [0.5, 0.6) is 0 Å². The molecule has 0 unspecified atom stereocenters. The molecule has 0 aromatic carbocycles. The molecule has 3 rings (SSSR count). The van der Waals surface area contributed by atoms with Gasteiger partial charge < -0.3 is 15.5 Å². The smallest absolute Gasteiger partial charge is 0.232 e. The normalized spacial score (nSPS) is 13.7. The number of thiocarbonyl (C=S) groups is 1. The van der Waals surface area contributed by atoms with E-state index in [0.29, 0.717) is 16.2 Å². The average molecular weight is 376 g/mol. The number of rotatable bonds is 6. The Morgan fingerprint density at radius 3 is 2.72 bits per heavy atom. The molecule has 132 valence electrons. The molecule has 2 N–H and O–H groups in total. The SMILES string of the molecule is CCCNC(=S)Nc1nc(Sc2ncccn2)cc(N2CCCC2)n1. The van der Waals surface area contributed by atoms with Gasteiger partial charge in [-0.2, -0.15) is 4.98 Å². The van der Waals surface area contributed by atoms with Crippen molar-refractivity contribution in [2.75, 3.05) is 29.9 Å². The molecule has 7 nitrogen and oxygen atoms in total. The van der Waals surface area contributed by atoms with Crippen LogP contribution in [0.25, 0.3) is 0 Å². The maximum absolute atomic E-state index is 5.31. The Labute approximate surface area is 157 Å². The Hall–Kier alpha value is -2.00. The summed E-state index contributed by atoms with van der Waals surface area (Å²) >= 11 is 6.72. The lowest BCUT2D eigenvalue weighted by molar-refractivity contribution is 0.844. The molecule has 25 heavy (non-hydrogen) atoms. The number of nitrogens with one attached hydrogen (secondary N) is 2. The molecule has 9 heteroatoms. The molecule has 0 amide bonds. The van der Waals surface area contributed by atoms with Gasteiger partial charge in [0.2, 0.25) is 5.95 Å². The highest BCUT2D eigenvalue weighted by atomic mass is 32.2. The minimum Gasteiger partial charge on any atom is -0.362 e. The summed E-state index contributed by atoms with van der Waals surface area (Å²) in [6.07, 6.45) is 6.83. The van der Waals surface area contributed by atoms with E-state index in [1.807, 2.05) is 6.07 Å². The van der Waals surface area contributed by atoms with Crippen LogP contribution in [0.3, 0.4) is 0 Å². The van der Waals surface area contributed by atoms with E-state index < -0.39 is 0 Å². The van der Waals surface area contributed by atoms with Crippen LogP contribution in [0.15, 0.2) is 34.7 Å². The van der Waals surface area contributed by atoms with E-state index in [4.69, 9.17) is 12.2 Å². The zero-order chi connectivity index (χ0) is 17.5. The minimum absolute atomic E-state index is 0.497. The zero-order valence-electron chi connectivity index (χ0n) is 14.1. The molecule has 1 aliphatic rings. The second-order valence-electron chi connectivity index (χ2n) is 5.60. The summed E-state index contributed by atoms with van der Waals surface area (Å²) < 4.78 is 0. The van der Waals surface area contributed by atoms with Gasteiger partial charge in [0.15, 0.2) is 10.3 Å². The van der Waals surface area contributed by atoms with Crippen LogP contribution in [0, 0.1) is 0 Å². The average Bonchev–Trinajstić information content (AvgIpc) is 3.15. The highest BCUT2D eigenvalue weighted by Crippen LogP contribution is 2.28. The second kappa shape index (κ2) is 8.91. The summed E-state index contributed by atoms with van der Waals surface area (Å²) in [4.78, 5) is 20.0. The first kappa shape index (κ1) is 17.8. The predicted octanol–water partition coefficient (Wildman–Crippen LogP) is 2.71. The Bertz CT molecular complexity index is 705. The molecule has 0 bridgehead atoms. The van der Waals surface area contributed by atoms with Crippen LogP contribution in [0.4, 0.5) is 11.8 Å². The topological polar surface area (TPSA) is 78.9 Å². The molecule has 3 heterocycles. The molecule has 0 aliphatic carbocycles. The van der Waals surface area contributed by atoms with Gasteiger partial charge >= 0.3 is 0 Å². The first-order chi connectivity index (χ1) is 12.2. The van der Waals surface area contributed by atoms with Gasteiger partial charge in [-0.25, -0.2) is 15.0 Å². The summed E-state index contributed by atoms with van der Waals surface area (Å²) in [6.45, 7) is 4.94. The molecule has 2 aromatic heterocycles. The lowest BCUT2D eigenvalue weighted by Gasteiger charge is -2.18. The van der Waals surface area contributed by atoms with Gasteiger partial charge in [0.1, 0.15) is 10.8 Å². The second-order valence-corrected chi connectivity index (χ2v) is 6.99. The van der Waals surface area contributed by atoms with E-state index in [-0.39, 0.29) is 0 Å². The standard InChI is InChI=1S/C16H21N7S2/c1-2-6-17-15(24)22-14-20-12(23-9-3-4-10-23)11-13(21-14)25-16-18-7-5-8-19-16/h5,7-8,11H,2-4,6,9-10H2,1H3,(H2,17,20,21,22,24). The van der Waals surface area contributed by atoms with Crippen LogP contribution < -0.4 is 15.5 Å². The van der Waals surface area contributed by atoms with Gasteiger partial charge in [-0.3, -0.25) is 0 Å². The fraction of sp³-hybridized carbons (Fsp3) is 0.438. The first-order valence-corrected chi connectivity index (χ1v) is 9.61. The van der Waals surface area contributed by atoms with Gasteiger partial charge in [0.05, 0.1) is 0 Å². The molecule has 0 spiro atoms. The van der Waals surface area contributed by atoms with E-state index in [9.17, 15) is 0 Å². The fourth-order valence-electron chi connectivity index (χ4n) is 2.45. The quantitative estimate of drug-likeness (QED) is 0.450. The van der Waals surface area contributed by atoms with Crippen molar-refractivity contribution in [3.63, 3.8) is 0 Å². The zero-order valence-corrected chi connectivity index (χ0v) is 15.7. The summed E-state index contributed by atoms with van der Waals surface area (Å²) in [5, 5.41) is 8.21. The van der Waals surface area contributed by atoms with E-state index in [1.54, 1.807) is 18.5 Å². The van der Waals surface area contributed by atoms with Crippen LogP contribution in [-0.2, 0) is 0 Å². The molecular formula is C16H21N7S2. The summed E-state index contributed by atoms with van der Waals surface area (Å²) in [6, 6.07) is 3.78. The lowest BCUT2D eigenvalue weighted by Crippen LogP contribution is -2.30. The minimum atomic E-state index is 0.497. The third-order valence-electron chi connectivity index (χ3n) is 3.62. The van der Waals surface area contributed by atoms with Crippen LogP contribution >= 0.6 is 24.0 Å². The van der Waals surface area contributed by atoms with Crippen molar-refractivity contribution in [3.05, 3.63) is 24.5 Å². The Kier molecular flexibility index (Phi) is 6.35. The number of aromatic nitrogens is 4. The Morgan fingerprint density at radius 1 is 1.24 bits per heavy atom. The number of nitrogens with zero attached hydrogens (tertiary/aromatic N) is 5. The number of hydrogen-bond acceptors (Lipinski definition) is 7. The van der Waals surface area contributed by atoms with Crippen molar-refractivity contribution < 1.29 is 0 Å².